The largest absolute Gasteiger partial charge is 0.386 e. The zero-order valence-electron chi connectivity index (χ0n) is 10.0. The van der Waals surface area contributed by atoms with E-state index in [1.165, 1.54) is 12.1 Å². The third kappa shape index (κ3) is 1.69. The third-order valence-electron chi connectivity index (χ3n) is 4.48. The molecule has 1 aromatic rings. The van der Waals surface area contributed by atoms with Gasteiger partial charge in [0.25, 0.3) is 0 Å². The first-order chi connectivity index (χ1) is 8.03. The van der Waals surface area contributed by atoms with Crippen LogP contribution in [0.15, 0.2) is 24.3 Å². The summed E-state index contributed by atoms with van der Waals surface area (Å²) in [5.74, 6) is -0.281. The molecule has 3 rings (SSSR count). The highest BCUT2D eigenvalue weighted by Gasteiger charge is 2.54. The predicted octanol–water partition coefficient (Wildman–Crippen LogP) is 2.53. The van der Waals surface area contributed by atoms with Gasteiger partial charge in [-0.05, 0) is 50.3 Å². The second kappa shape index (κ2) is 3.53. The van der Waals surface area contributed by atoms with Gasteiger partial charge >= 0.3 is 0 Å². The van der Waals surface area contributed by atoms with Crippen molar-refractivity contribution >= 4 is 0 Å². The standard InChI is InChI=1S/C14H18FNO/c1-13-5-7-14(16-13,8-6-13)12(17)10-3-2-4-11(15)9-10/h2-4,9,12,16-17H,5-8H2,1H3. The summed E-state index contributed by atoms with van der Waals surface area (Å²) in [6.07, 6.45) is 3.53. The topological polar surface area (TPSA) is 32.3 Å². The molecule has 2 nitrogen and oxygen atoms in total. The van der Waals surface area contributed by atoms with Crippen LogP contribution in [-0.4, -0.2) is 16.2 Å². The van der Waals surface area contributed by atoms with Gasteiger partial charge < -0.3 is 10.4 Å². The smallest absolute Gasteiger partial charge is 0.123 e. The van der Waals surface area contributed by atoms with Crippen molar-refractivity contribution in [3.05, 3.63) is 35.6 Å². The van der Waals surface area contributed by atoms with Crippen molar-refractivity contribution in [3.8, 4) is 0 Å². The van der Waals surface area contributed by atoms with E-state index in [1.807, 2.05) is 0 Å². The molecule has 2 bridgehead atoms. The number of fused-ring (bicyclic) bond motifs is 2. The van der Waals surface area contributed by atoms with E-state index in [1.54, 1.807) is 12.1 Å². The number of aliphatic hydroxyl groups is 1. The molecule has 2 fully saturated rings. The minimum Gasteiger partial charge on any atom is -0.386 e. The molecule has 2 saturated heterocycles. The lowest BCUT2D eigenvalue weighted by Gasteiger charge is -2.32. The summed E-state index contributed by atoms with van der Waals surface area (Å²) in [6.45, 7) is 2.21. The molecule has 0 aromatic heterocycles. The van der Waals surface area contributed by atoms with E-state index in [0.29, 0.717) is 5.56 Å². The lowest BCUT2D eigenvalue weighted by Crippen LogP contribution is -2.45. The fourth-order valence-electron chi connectivity index (χ4n) is 3.44. The Bertz CT molecular complexity index is 438. The van der Waals surface area contributed by atoms with E-state index in [4.69, 9.17) is 0 Å². The molecule has 1 atom stereocenters. The Hall–Kier alpha value is -0.930. The second-order valence-electron chi connectivity index (χ2n) is 5.80. The van der Waals surface area contributed by atoms with Crippen LogP contribution in [0.3, 0.4) is 0 Å². The summed E-state index contributed by atoms with van der Waals surface area (Å²) >= 11 is 0. The van der Waals surface area contributed by atoms with Crippen LogP contribution in [0.1, 0.15) is 44.3 Å². The summed E-state index contributed by atoms with van der Waals surface area (Å²) in [5, 5.41) is 14.1. The Morgan fingerprint density at radius 1 is 1.29 bits per heavy atom. The van der Waals surface area contributed by atoms with Gasteiger partial charge in [0.1, 0.15) is 5.82 Å². The minimum atomic E-state index is -0.609. The zero-order valence-corrected chi connectivity index (χ0v) is 10.0. The Kier molecular flexibility index (Phi) is 2.32. The average Bonchev–Trinajstić information content (AvgIpc) is 2.83. The maximum Gasteiger partial charge on any atom is 0.123 e. The highest BCUT2D eigenvalue weighted by molar-refractivity contribution is 5.26. The lowest BCUT2D eigenvalue weighted by atomic mass is 9.78. The SMILES string of the molecule is CC12CCC(C(O)c3cccc(F)c3)(CC1)N2. The van der Waals surface area contributed by atoms with Gasteiger partial charge in [-0.3, -0.25) is 0 Å². The Balaban J connectivity index is 1.90. The molecule has 17 heavy (non-hydrogen) atoms. The van der Waals surface area contributed by atoms with Crippen molar-refractivity contribution in [2.24, 2.45) is 0 Å². The molecule has 0 radical (unpaired) electrons. The van der Waals surface area contributed by atoms with E-state index in [2.05, 4.69) is 12.2 Å². The zero-order chi connectivity index (χ0) is 12.1. The lowest BCUT2D eigenvalue weighted by molar-refractivity contribution is 0.0735. The summed E-state index contributed by atoms with van der Waals surface area (Å²) in [7, 11) is 0. The van der Waals surface area contributed by atoms with Gasteiger partial charge in [0.2, 0.25) is 0 Å². The summed E-state index contributed by atoms with van der Waals surface area (Å²) in [5.41, 5.74) is 0.625. The predicted molar refractivity (Wildman–Crippen MR) is 64.1 cm³/mol. The number of benzene rings is 1. The number of rotatable bonds is 2. The van der Waals surface area contributed by atoms with Crippen molar-refractivity contribution < 1.29 is 9.50 Å². The first-order valence-electron chi connectivity index (χ1n) is 6.26. The second-order valence-corrected chi connectivity index (χ2v) is 5.80. The fraction of sp³-hybridized carbons (Fsp3) is 0.571. The van der Waals surface area contributed by atoms with Crippen molar-refractivity contribution in [1.29, 1.82) is 0 Å². The van der Waals surface area contributed by atoms with E-state index >= 15 is 0 Å². The normalized spacial score (nSPS) is 37.4. The molecule has 1 aromatic carbocycles. The third-order valence-corrected chi connectivity index (χ3v) is 4.48. The fourth-order valence-corrected chi connectivity index (χ4v) is 3.44. The van der Waals surface area contributed by atoms with Crippen molar-refractivity contribution in [2.45, 2.75) is 49.8 Å². The van der Waals surface area contributed by atoms with Gasteiger partial charge in [0.05, 0.1) is 6.10 Å². The maximum atomic E-state index is 13.2. The highest BCUT2D eigenvalue weighted by atomic mass is 19.1. The summed E-state index contributed by atoms with van der Waals surface area (Å²) < 4.78 is 13.2. The first kappa shape index (κ1) is 11.2. The van der Waals surface area contributed by atoms with Gasteiger partial charge in [0.15, 0.2) is 0 Å². The van der Waals surface area contributed by atoms with Crippen LogP contribution in [-0.2, 0) is 0 Å². The van der Waals surface area contributed by atoms with E-state index < -0.39 is 6.10 Å². The molecule has 2 aliphatic rings. The molecule has 1 unspecified atom stereocenters. The molecule has 2 N–H and O–H groups in total. The van der Waals surface area contributed by atoms with Gasteiger partial charge in [0, 0.05) is 11.1 Å². The summed E-state index contributed by atoms with van der Waals surface area (Å²) in [4.78, 5) is 0. The molecular formula is C14H18FNO. The van der Waals surface area contributed by atoms with Gasteiger partial charge in [-0.15, -0.1) is 0 Å². The number of hydrogen-bond donors (Lipinski definition) is 2. The van der Waals surface area contributed by atoms with Crippen LogP contribution in [0.25, 0.3) is 0 Å². The molecule has 92 valence electrons. The Morgan fingerprint density at radius 2 is 2.00 bits per heavy atom. The van der Waals surface area contributed by atoms with Crippen LogP contribution < -0.4 is 5.32 Å². The molecule has 0 amide bonds. The van der Waals surface area contributed by atoms with Crippen molar-refractivity contribution in [2.75, 3.05) is 0 Å². The molecular weight excluding hydrogens is 217 g/mol. The molecule has 2 heterocycles. The van der Waals surface area contributed by atoms with Crippen LogP contribution in [0, 0.1) is 5.82 Å². The van der Waals surface area contributed by atoms with Crippen LogP contribution >= 0.6 is 0 Å². The van der Waals surface area contributed by atoms with Crippen LogP contribution in [0.5, 0.6) is 0 Å². The van der Waals surface area contributed by atoms with Crippen LogP contribution in [0.2, 0.25) is 0 Å². The Morgan fingerprint density at radius 3 is 2.53 bits per heavy atom. The van der Waals surface area contributed by atoms with Gasteiger partial charge in [-0.1, -0.05) is 12.1 Å². The quantitative estimate of drug-likeness (QED) is 0.825. The molecule has 2 aliphatic heterocycles. The van der Waals surface area contributed by atoms with Gasteiger partial charge in [-0.25, -0.2) is 4.39 Å². The van der Waals surface area contributed by atoms with Crippen LogP contribution in [0.4, 0.5) is 4.39 Å². The number of nitrogens with one attached hydrogen (secondary N) is 1. The van der Waals surface area contributed by atoms with Gasteiger partial charge in [-0.2, -0.15) is 0 Å². The number of aliphatic hydroxyl groups excluding tert-OH is 1. The average molecular weight is 235 g/mol. The summed E-state index contributed by atoms with van der Waals surface area (Å²) in [6, 6.07) is 6.32. The first-order valence-corrected chi connectivity index (χ1v) is 6.26. The van der Waals surface area contributed by atoms with E-state index in [0.717, 1.165) is 25.7 Å². The molecule has 3 heteroatoms. The van der Waals surface area contributed by atoms with E-state index in [9.17, 15) is 9.50 Å². The molecule has 0 aliphatic carbocycles. The minimum absolute atomic E-state index is 0.175. The number of halogens is 1. The van der Waals surface area contributed by atoms with Crippen molar-refractivity contribution in [1.82, 2.24) is 5.32 Å². The number of hydrogen-bond acceptors (Lipinski definition) is 2. The maximum absolute atomic E-state index is 13.2. The van der Waals surface area contributed by atoms with E-state index in [-0.39, 0.29) is 16.9 Å². The highest BCUT2D eigenvalue weighted by Crippen LogP contribution is 2.50. The Labute approximate surface area is 101 Å². The van der Waals surface area contributed by atoms with Crippen molar-refractivity contribution in [3.63, 3.8) is 0 Å². The molecule has 0 spiro atoms. The monoisotopic (exact) mass is 235 g/mol. The molecule has 0 saturated carbocycles.